The minimum Gasteiger partial charge on any atom is -0.768 e. The Morgan fingerprint density at radius 1 is 0.571 bits per heavy atom. The molecule has 0 saturated heterocycles. The first kappa shape index (κ1) is 18.2. The Labute approximate surface area is 167 Å². The van der Waals surface area contributed by atoms with E-state index in [2.05, 4.69) is 41.3 Å². The summed E-state index contributed by atoms with van der Waals surface area (Å²) < 4.78 is 22.5. The lowest BCUT2D eigenvalue weighted by Crippen LogP contribution is -2.09. The van der Waals surface area contributed by atoms with Crippen LogP contribution < -0.4 is 4.90 Å². The minimum atomic E-state index is -2.23. The van der Waals surface area contributed by atoms with Gasteiger partial charge in [-0.25, -0.2) is 0 Å². The van der Waals surface area contributed by atoms with E-state index >= 15 is 0 Å². The van der Waals surface area contributed by atoms with Crippen LogP contribution in [0.15, 0.2) is 114 Å². The van der Waals surface area contributed by atoms with Crippen molar-refractivity contribution in [2.45, 2.75) is 4.90 Å². The molecule has 0 N–H and O–H groups in total. The van der Waals surface area contributed by atoms with Gasteiger partial charge in [0.05, 0.1) is 0 Å². The zero-order valence-corrected chi connectivity index (χ0v) is 15.9. The zero-order valence-electron chi connectivity index (χ0n) is 15.1. The lowest BCUT2D eigenvalue weighted by molar-refractivity contribution is 0.537. The third-order valence-electron chi connectivity index (χ3n) is 4.51. The highest BCUT2D eigenvalue weighted by Crippen LogP contribution is 2.35. The van der Waals surface area contributed by atoms with E-state index in [0.717, 1.165) is 28.2 Å². The van der Waals surface area contributed by atoms with E-state index in [-0.39, 0.29) is 4.90 Å². The maximum atomic E-state index is 11.2. The molecule has 138 valence electrons. The predicted molar refractivity (Wildman–Crippen MR) is 114 cm³/mol. The summed E-state index contributed by atoms with van der Waals surface area (Å²) in [5.41, 5.74) is 5.02. The van der Waals surface area contributed by atoms with Gasteiger partial charge < -0.3 is 9.45 Å². The Balaban J connectivity index is 1.73. The van der Waals surface area contributed by atoms with Gasteiger partial charge in [-0.3, -0.25) is 4.21 Å². The van der Waals surface area contributed by atoms with Crippen LogP contribution >= 0.6 is 0 Å². The van der Waals surface area contributed by atoms with Crippen LogP contribution in [0.3, 0.4) is 0 Å². The highest BCUT2D eigenvalue weighted by Gasteiger charge is 2.11. The summed E-state index contributed by atoms with van der Waals surface area (Å²) in [4.78, 5) is 2.48. The number of benzene rings is 4. The number of hydrogen-bond donors (Lipinski definition) is 0. The SMILES string of the molecule is O=S([O-])c1cccc(-c2ccc(N(c3ccccc3)c3ccccc3)cc2)c1. The van der Waals surface area contributed by atoms with Crippen LogP contribution in [-0.4, -0.2) is 8.76 Å². The third-order valence-corrected chi connectivity index (χ3v) is 5.15. The van der Waals surface area contributed by atoms with Crippen LogP contribution in [0.1, 0.15) is 0 Å². The van der Waals surface area contributed by atoms with Gasteiger partial charge in [0.1, 0.15) is 0 Å². The minimum absolute atomic E-state index is 0.289. The maximum absolute atomic E-state index is 11.2. The van der Waals surface area contributed by atoms with Gasteiger partial charge >= 0.3 is 0 Å². The molecule has 0 saturated carbocycles. The number of nitrogens with zero attached hydrogens (tertiary/aromatic N) is 1. The van der Waals surface area contributed by atoms with E-state index in [1.54, 1.807) is 18.2 Å². The number of hydrogen-bond acceptors (Lipinski definition) is 3. The van der Waals surface area contributed by atoms with Crippen molar-refractivity contribution in [3.8, 4) is 11.1 Å². The monoisotopic (exact) mass is 384 g/mol. The summed E-state index contributed by atoms with van der Waals surface area (Å²) in [6.07, 6.45) is 0. The van der Waals surface area contributed by atoms with Gasteiger partial charge in [0.15, 0.2) is 0 Å². The molecule has 0 aliphatic rings. The van der Waals surface area contributed by atoms with Crippen molar-refractivity contribution in [1.82, 2.24) is 0 Å². The van der Waals surface area contributed by atoms with Gasteiger partial charge in [-0.2, -0.15) is 0 Å². The lowest BCUT2D eigenvalue weighted by Gasteiger charge is -2.25. The van der Waals surface area contributed by atoms with E-state index in [0.29, 0.717) is 0 Å². The molecule has 4 aromatic rings. The Bertz CT molecular complexity index is 1040. The average molecular weight is 384 g/mol. The molecule has 4 heteroatoms. The summed E-state index contributed by atoms with van der Waals surface area (Å²) in [6, 6.07) is 35.5. The molecule has 0 aliphatic heterocycles. The molecule has 1 unspecified atom stereocenters. The van der Waals surface area contributed by atoms with E-state index < -0.39 is 11.1 Å². The normalized spacial score (nSPS) is 11.8. The van der Waals surface area contributed by atoms with Crippen LogP contribution in [0, 0.1) is 0 Å². The summed E-state index contributed by atoms with van der Waals surface area (Å²) in [5, 5.41) is 0. The van der Waals surface area contributed by atoms with Crippen molar-refractivity contribution in [2.75, 3.05) is 4.90 Å². The van der Waals surface area contributed by atoms with Crippen LogP contribution in [-0.2, 0) is 11.1 Å². The second-order valence-electron chi connectivity index (χ2n) is 6.32. The fourth-order valence-corrected chi connectivity index (χ4v) is 3.60. The zero-order chi connectivity index (χ0) is 19.3. The Morgan fingerprint density at radius 2 is 1.11 bits per heavy atom. The molecule has 28 heavy (non-hydrogen) atoms. The van der Waals surface area contributed by atoms with Crippen molar-refractivity contribution < 1.29 is 8.76 Å². The Hall–Kier alpha value is -3.21. The van der Waals surface area contributed by atoms with Gasteiger partial charge in [0.25, 0.3) is 0 Å². The molecule has 0 amide bonds. The molecule has 0 fully saturated rings. The van der Waals surface area contributed by atoms with Crippen LogP contribution in [0.4, 0.5) is 17.1 Å². The second-order valence-corrected chi connectivity index (χ2v) is 7.26. The Kier molecular flexibility index (Phi) is 5.33. The molecule has 0 aromatic heterocycles. The summed E-state index contributed by atoms with van der Waals surface area (Å²) >= 11 is -2.23. The molecule has 0 heterocycles. The number of para-hydroxylation sites is 2. The molecule has 0 spiro atoms. The largest absolute Gasteiger partial charge is 0.768 e. The fraction of sp³-hybridized carbons (Fsp3) is 0. The molecule has 4 rings (SSSR count). The molecule has 0 bridgehead atoms. The Morgan fingerprint density at radius 3 is 1.64 bits per heavy atom. The van der Waals surface area contributed by atoms with E-state index in [1.807, 2.05) is 54.6 Å². The van der Waals surface area contributed by atoms with Crippen LogP contribution in [0.5, 0.6) is 0 Å². The summed E-state index contributed by atoms with van der Waals surface area (Å²) in [6.45, 7) is 0. The molecule has 1 atom stereocenters. The van der Waals surface area contributed by atoms with E-state index in [9.17, 15) is 8.76 Å². The van der Waals surface area contributed by atoms with Crippen molar-refractivity contribution in [1.29, 1.82) is 0 Å². The van der Waals surface area contributed by atoms with Gasteiger partial charge in [0.2, 0.25) is 0 Å². The van der Waals surface area contributed by atoms with E-state index in [1.165, 1.54) is 0 Å². The predicted octanol–water partition coefficient (Wildman–Crippen LogP) is 6.06. The van der Waals surface area contributed by atoms with Gasteiger partial charge in [-0.15, -0.1) is 0 Å². The quantitative estimate of drug-likeness (QED) is 0.393. The lowest BCUT2D eigenvalue weighted by atomic mass is 10.0. The third kappa shape index (κ3) is 3.88. The summed E-state index contributed by atoms with van der Waals surface area (Å²) in [7, 11) is 0. The molecule has 0 aliphatic carbocycles. The number of anilines is 3. The highest BCUT2D eigenvalue weighted by molar-refractivity contribution is 7.79. The van der Waals surface area contributed by atoms with Crippen LogP contribution in [0.25, 0.3) is 11.1 Å². The standard InChI is InChI=1S/C24H19NO2S/c26-28(27)24-13-7-8-20(18-24)19-14-16-23(17-15-19)25(21-9-3-1-4-10-21)22-11-5-2-6-12-22/h1-18H,(H,26,27)/p-1. The summed E-state index contributed by atoms with van der Waals surface area (Å²) in [5.74, 6) is 0. The van der Waals surface area contributed by atoms with E-state index in [4.69, 9.17) is 0 Å². The van der Waals surface area contributed by atoms with Crippen molar-refractivity contribution in [2.24, 2.45) is 0 Å². The second kappa shape index (κ2) is 8.21. The highest BCUT2D eigenvalue weighted by atomic mass is 32.2. The van der Waals surface area contributed by atoms with Gasteiger partial charge in [0, 0.05) is 22.0 Å². The number of rotatable bonds is 5. The molecular weight excluding hydrogens is 366 g/mol. The van der Waals surface area contributed by atoms with Crippen molar-refractivity contribution >= 4 is 28.1 Å². The van der Waals surface area contributed by atoms with Gasteiger partial charge in [-0.05, 0) is 70.7 Å². The van der Waals surface area contributed by atoms with Crippen molar-refractivity contribution in [3.63, 3.8) is 0 Å². The molecule has 0 radical (unpaired) electrons. The van der Waals surface area contributed by atoms with Crippen molar-refractivity contribution in [3.05, 3.63) is 109 Å². The topological polar surface area (TPSA) is 43.4 Å². The molecule has 3 nitrogen and oxygen atoms in total. The first-order valence-corrected chi connectivity index (χ1v) is 10.00. The average Bonchev–Trinajstić information content (AvgIpc) is 2.76. The van der Waals surface area contributed by atoms with Crippen LogP contribution in [0.2, 0.25) is 0 Å². The molecule has 4 aromatic carbocycles. The molecular formula is C24H18NO2S-. The first-order chi connectivity index (χ1) is 13.7. The maximum Gasteiger partial charge on any atom is 0.0462 e. The smallest absolute Gasteiger partial charge is 0.0462 e. The van der Waals surface area contributed by atoms with Gasteiger partial charge in [-0.1, -0.05) is 60.7 Å². The fourth-order valence-electron chi connectivity index (χ4n) is 3.18. The first-order valence-electron chi connectivity index (χ1n) is 8.92.